The highest BCUT2D eigenvalue weighted by atomic mass is 16.4. The summed E-state index contributed by atoms with van der Waals surface area (Å²) in [6, 6.07) is 7.57. The van der Waals surface area contributed by atoms with Crippen LogP contribution >= 0.6 is 0 Å². The molecule has 1 aliphatic heterocycles. The third kappa shape index (κ3) is 4.66. The maximum Gasteiger partial charge on any atom is 0.354 e. The van der Waals surface area contributed by atoms with E-state index in [9.17, 15) is 14.4 Å². The van der Waals surface area contributed by atoms with Gasteiger partial charge < -0.3 is 10.4 Å². The van der Waals surface area contributed by atoms with Crippen molar-refractivity contribution >= 4 is 17.8 Å². The summed E-state index contributed by atoms with van der Waals surface area (Å²) in [7, 11) is 0. The van der Waals surface area contributed by atoms with Crippen LogP contribution in [0.4, 0.5) is 5.95 Å². The zero-order valence-electron chi connectivity index (χ0n) is 17.5. The number of fused-ring (bicyclic) bond motifs is 1. The SMILES string of the molecule is Cc1ccc(Cn2c(NC3=NC4C=CC=CC4C=C3)nc(=O)n(CCC(=O)O)c2=O)cc1. The van der Waals surface area contributed by atoms with E-state index in [0.29, 0.717) is 5.84 Å². The number of carbonyl (C=O) groups is 1. The molecule has 1 aromatic heterocycles. The van der Waals surface area contributed by atoms with Crippen LogP contribution in [0, 0.1) is 12.8 Å². The van der Waals surface area contributed by atoms with Crippen molar-refractivity contribution in [1.82, 2.24) is 14.1 Å². The second-order valence-corrected chi connectivity index (χ2v) is 7.70. The van der Waals surface area contributed by atoms with Crippen molar-refractivity contribution in [3.63, 3.8) is 0 Å². The molecule has 0 saturated heterocycles. The molecule has 9 nitrogen and oxygen atoms in total. The number of anilines is 1. The molecule has 1 aliphatic carbocycles. The maximum absolute atomic E-state index is 13.1. The van der Waals surface area contributed by atoms with Crippen LogP contribution in [0.15, 0.2) is 75.3 Å². The van der Waals surface area contributed by atoms with E-state index in [1.165, 1.54) is 4.57 Å². The van der Waals surface area contributed by atoms with Gasteiger partial charge in [0.05, 0.1) is 19.0 Å². The molecule has 32 heavy (non-hydrogen) atoms. The molecule has 4 rings (SSSR count). The third-order valence-corrected chi connectivity index (χ3v) is 5.31. The Hall–Kier alpha value is -4.01. The lowest BCUT2D eigenvalue weighted by Crippen LogP contribution is -2.44. The van der Waals surface area contributed by atoms with Crippen LogP contribution < -0.4 is 16.7 Å². The summed E-state index contributed by atoms with van der Waals surface area (Å²) >= 11 is 0. The number of aliphatic carboxylic acids is 1. The Morgan fingerprint density at radius 3 is 2.59 bits per heavy atom. The Labute approximate surface area is 183 Å². The van der Waals surface area contributed by atoms with Gasteiger partial charge in [-0.15, -0.1) is 0 Å². The quantitative estimate of drug-likeness (QED) is 0.716. The summed E-state index contributed by atoms with van der Waals surface area (Å²) in [4.78, 5) is 45.3. The molecule has 2 unspecified atom stereocenters. The molecular formula is C23H23N5O4. The normalized spacial score (nSPS) is 18.8. The summed E-state index contributed by atoms with van der Waals surface area (Å²) in [6.45, 7) is 1.87. The molecule has 9 heteroatoms. The van der Waals surface area contributed by atoms with Crippen LogP contribution in [0.1, 0.15) is 17.5 Å². The molecule has 0 bridgehead atoms. The fourth-order valence-corrected chi connectivity index (χ4v) is 3.56. The van der Waals surface area contributed by atoms with Gasteiger partial charge in [0.2, 0.25) is 5.95 Å². The van der Waals surface area contributed by atoms with E-state index < -0.39 is 17.3 Å². The van der Waals surface area contributed by atoms with Crippen molar-refractivity contribution < 1.29 is 9.90 Å². The molecular weight excluding hydrogens is 410 g/mol. The van der Waals surface area contributed by atoms with Gasteiger partial charge in [-0.05, 0) is 18.6 Å². The first-order chi connectivity index (χ1) is 15.4. The highest BCUT2D eigenvalue weighted by Crippen LogP contribution is 2.21. The fraction of sp³-hybridized carbons (Fsp3) is 0.261. The fourth-order valence-electron chi connectivity index (χ4n) is 3.56. The Morgan fingerprint density at radius 2 is 1.84 bits per heavy atom. The number of dihydropyridines is 1. The van der Waals surface area contributed by atoms with Gasteiger partial charge in [0.15, 0.2) is 0 Å². The van der Waals surface area contributed by atoms with Gasteiger partial charge in [-0.1, -0.05) is 60.2 Å². The standard InChI is InChI=1S/C23H23N5O4/c1-15-6-8-16(9-7-15)14-28-21(26-22(31)27(23(28)32)13-12-20(29)30)25-19-11-10-17-4-2-3-5-18(17)24-19/h2-11,17-18H,12-14H2,1H3,(H,29,30)(H,24,25,26,31). The zero-order chi connectivity index (χ0) is 22.7. The Morgan fingerprint density at radius 1 is 1.09 bits per heavy atom. The highest BCUT2D eigenvalue weighted by molar-refractivity contribution is 6.03. The molecule has 2 heterocycles. The van der Waals surface area contributed by atoms with Gasteiger partial charge in [-0.25, -0.2) is 14.2 Å². The topological polar surface area (TPSA) is 119 Å². The van der Waals surface area contributed by atoms with Crippen LogP contribution in [0.25, 0.3) is 0 Å². The first kappa shape index (κ1) is 21.2. The molecule has 0 fully saturated rings. The number of carboxylic acids is 1. The molecule has 2 aromatic rings. The predicted octanol–water partition coefficient (Wildman–Crippen LogP) is 1.73. The molecule has 2 N–H and O–H groups in total. The van der Waals surface area contributed by atoms with Crippen molar-refractivity contribution in [2.24, 2.45) is 10.9 Å². The molecule has 0 amide bonds. The van der Waals surface area contributed by atoms with Crippen LogP contribution in [0.3, 0.4) is 0 Å². The molecule has 0 spiro atoms. The van der Waals surface area contributed by atoms with Gasteiger partial charge in [-0.3, -0.25) is 14.4 Å². The molecule has 2 aliphatic rings. The number of nitrogens with zero attached hydrogens (tertiary/aromatic N) is 4. The minimum Gasteiger partial charge on any atom is -0.481 e. The van der Waals surface area contributed by atoms with Crippen molar-refractivity contribution in [2.75, 3.05) is 5.32 Å². The molecule has 1 aromatic carbocycles. The summed E-state index contributed by atoms with van der Waals surface area (Å²) < 4.78 is 2.17. The van der Waals surface area contributed by atoms with Crippen molar-refractivity contribution in [2.45, 2.75) is 32.5 Å². The van der Waals surface area contributed by atoms with Crippen LogP contribution in [-0.2, 0) is 17.9 Å². The number of nitrogens with one attached hydrogen (secondary N) is 1. The minimum absolute atomic E-state index is 0.0596. The van der Waals surface area contributed by atoms with E-state index in [1.54, 1.807) is 6.08 Å². The predicted molar refractivity (Wildman–Crippen MR) is 121 cm³/mol. The number of amidine groups is 1. The Kier molecular flexibility index (Phi) is 5.98. The molecule has 164 valence electrons. The van der Waals surface area contributed by atoms with E-state index in [2.05, 4.69) is 21.4 Å². The highest BCUT2D eigenvalue weighted by Gasteiger charge is 2.21. The van der Waals surface area contributed by atoms with E-state index >= 15 is 0 Å². The van der Waals surface area contributed by atoms with E-state index in [1.807, 2.05) is 55.5 Å². The van der Waals surface area contributed by atoms with Gasteiger partial charge in [0.25, 0.3) is 0 Å². The van der Waals surface area contributed by atoms with Crippen LogP contribution in [0.5, 0.6) is 0 Å². The number of hydrogen-bond acceptors (Lipinski definition) is 6. The number of aryl methyl sites for hydroxylation is 1. The number of aromatic nitrogens is 3. The van der Waals surface area contributed by atoms with Crippen LogP contribution in [0.2, 0.25) is 0 Å². The van der Waals surface area contributed by atoms with Gasteiger partial charge in [0, 0.05) is 12.5 Å². The summed E-state index contributed by atoms with van der Waals surface area (Å²) in [5.74, 6) is -0.394. The number of rotatable bonds is 6. The number of allylic oxidation sites excluding steroid dienone is 2. The molecule has 0 radical (unpaired) electrons. The number of benzene rings is 1. The number of carboxylic acid groups (broad SMARTS) is 1. The van der Waals surface area contributed by atoms with Gasteiger partial charge >= 0.3 is 17.3 Å². The Balaban J connectivity index is 1.71. The lowest BCUT2D eigenvalue weighted by atomic mass is 9.93. The number of aliphatic imine (C=N–C) groups is 1. The smallest absolute Gasteiger partial charge is 0.354 e. The van der Waals surface area contributed by atoms with Crippen molar-refractivity contribution in [3.05, 3.63) is 92.8 Å². The summed E-state index contributed by atoms with van der Waals surface area (Å²) in [6.07, 6.45) is 11.4. The average molecular weight is 433 g/mol. The average Bonchev–Trinajstić information content (AvgIpc) is 2.77. The minimum atomic E-state index is -1.10. The monoisotopic (exact) mass is 433 g/mol. The maximum atomic E-state index is 13.1. The Bertz CT molecular complexity index is 1260. The molecule has 0 saturated carbocycles. The second-order valence-electron chi connectivity index (χ2n) is 7.70. The summed E-state index contributed by atoms with van der Waals surface area (Å²) in [5.41, 5.74) is 0.480. The van der Waals surface area contributed by atoms with E-state index in [4.69, 9.17) is 5.11 Å². The lowest BCUT2D eigenvalue weighted by molar-refractivity contribution is -0.137. The lowest BCUT2D eigenvalue weighted by Gasteiger charge is -2.23. The van der Waals surface area contributed by atoms with Crippen molar-refractivity contribution in [3.8, 4) is 0 Å². The first-order valence-electron chi connectivity index (χ1n) is 10.3. The van der Waals surface area contributed by atoms with E-state index in [0.717, 1.165) is 15.7 Å². The first-order valence-corrected chi connectivity index (χ1v) is 10.3. The summed E-state index contributed by atoms with van der Waals surface area (Å²) in [5, 5.41) is 12.0. The number of hydrogen-bond donors (Lipinski definition) is 2. The molecule has 2 atom stereocenters. The van der Waals surface area contributed by atoms with Crippen molar-refractivity contribution in [1.29, 1.82) is 0 Å². The second kappa shape index (κ2) is 9.01. The van der Waals surface area contributed by atoms with E-state index in [-0.39, 0.29) is 37.4 Å². The van der Waals surface area contributed by atoms with Crippen LogP contribution in [-0.4, -0.2) is 37.1 Å². The third-order valence-electron chi connectivity index (χ3n) is 5.31. The largest absolute Gasteiger partial charge is 0.481 e. The van der Waals surface area contributed by atoms with Gasteiger partial charge in [0.1, 0.15) is 5.84 Å². The zero-order valence-corrected chi connectivity index (χ0v) is 17.5. The van der Waals surface area contributed by atoms with Gasteiger partial charge in [-0.2, -0.15) is 4.98 Å².